The predicted molar refractivity (Wildman–Crippen MR) is 71.6 cm³/mol. The summed E-state index contributed by atoms with van der Waals surface area (Å²) in [6.07, 6.45) is 4.04. The molecule has 0 aromatic carbocycles. The average molecular weight is 268 g/mol. The third kappa shape index (κ3) is 3.69. The number of piperazine rings is 1. The molecule has 108 valence electrons. The fraction of sp³-hybridized carbons (Fsp3) is 0.857. The van der Waals surface area contributed by atoms with Crippen molar-refractivity contribution in [1.29, 1.82) is 0 Å². The van der Waals surface area contributed by atoms with E-state index in [4.69, 9.17) is 4.74 Å². The highest BCUT2D eigenvalue weighted by atomic mass is 16.5. The fourth-order valence-corrected chi connectivity index (χ4v) is 2.78. The Morgan fingerprint density at radius 3 is 2.79 bits per heavy atom. The largest absolute Gasteiger partial charge is 0.376 e. The number of hydrogen-bond donors (Lipinski definition) is 1. The minimum absolute atomic E-state index is 0.0134. The Labute approximate surface area is 114 Å². The minimum Gasteiger partial charge on any atom is -0.376 e. The van der Waals surface area contributed by atoms with Gasteiger partial charge in [-0.2, -0.15) is 0 Å². The van der Waals surface area contributed by atoms with Gasteiger partial charge in [0.05, 0.1) is 12.6 Å². The van der Waals surface area contributed by atoms with Crippen LogP contribution in [-0.4, -0.2) is 48.6 Å². The highest BCUT2D eigenvalue weighted by molar-refractivity contribution is 5.94. The van der Waals surface area contributed by atoms with Gasteiger partial charge in [-0.25, -0.2) is 0 Å². The topological polar surface area (TPSA) is 58.6 Å². The van der Waals surface area contributed by atoms with Crippen molar-refractivity contribution in [3.05, 3.63) is 0 Å². The van der Waals surface area contributed by atoms with Crippen LogP contribution in [0.15, 0.2) is 0 Å². The Morgan fingerprint density at radius 1 is 1.37 bits per heavy atom. The Kier molecular flexibility index (Phi) is 4.80. The Bertz CT molecular complexity index is 338. The number of nitrogens with zero attached hydrogens (tertiary/aromatic N) is 1. The molecular weight excluding hydrogens is 244 g/mol. The van der Waals surface area contributed by atoms with Gasteiger partial charge in [0.1, 0.15) is 6.04 Å². The summed E-state index contributed by atoms with van der Waals surface area (Å²) in [4.78, 5) is 25.8. The van der Waals surface area contributed by atoms with E-state index in [-0.39, 0.29) is 30.5 Å². The van der Waals surface area contributed by atoms with Crippen molar-refractivity contribution < 1.29 is 14.3 Å². The third-order valence-electron chi connectivity index (χ3n) is 3.78. The van der Waals surface area contributed by atoms with Gasteiger partial charge in [0.15, 0.2) is 0 Å². The number of carbonyl (C=O) groups is 2. The van der Waals surface area contributed by atoms with Gasteiger partial charge in [0, 0.05) is 13.2 Å². The molecule has 0 radical (unpaired) electrons. The first-order valence-electron chi connectivity index (χ1n) is 7.26. The number of nitrogens with one attached hydrogen (secondary N) is 1. The van der Waals surface area contributed by atoms with E-state index in [1.165, 1.54) is 0 Å². The molecule has 0 saturated carbocycles. The van der Waals surface area contributed by atoms with E-state index >= 15 is 0 Å². The minimum atomic E-state index is -0.327. The molecule has 0 aromatic rings. The summed E-state index contributed by atoms with van der Waals surface area (Å²) in [6.45, 7) is 5.60. The van der Waals surface area contributed by atoms with Gasteiger partial charge in [0.25, 0.3) is 0 Å². The lowest BCUT2D eigenvalue weighted by molar-refractivity contribution is -0.149. The lowest BCUT2D eigenvalue weighted by Crippen LogP contribution is -2.60. The lowest BCUT2D eigenvalue weighted by atomic mass is 9.98. The third-order valence-corrected chi connectivity index (χ3v) is 3.78. The van der Waals surface area contributed by atoms with E-state index in [9.17, 15) is 9.59 Å². The summed E-state index contributed by atoms with van der Waals surface area (Å²) in [5.74, 6) is 0.375. The standard InChI is InChI=1S/C14H24N2O3/c1-10(2)7-12-14(18)15-8-13(17)16(12)9-11-5-3-4-6-19-11/h10-12H,3-9H2,1-2H3,(H,15,18). The lowest BCUT2D eigenvalue weighted by Gasteiger charge is -2.38. The van der Waals surface area contributed by atoms with Crippen LogP contribution >= 0.6 is 0 Å². The molecule has 0 aliphatic carbocycles. The highest BCUT2D eigenvalue weighted by Gasteiger charge is 2.36. The van der Waals surface area contributed by atoms with E-state index < -0.39 is 0 Å². The molecule has 2 atom stereocenters. The molecule has 5 heteroatoms. The van der Waals surface area contributed by atoms with Gasteiger partial charge in [-0.05, 0) is 31.6 Å². The SMILES string of the molecule is CC(C)CC1C(=O)NCC(=O)N1CC1CCCCO1. The maximum atomic E-state index is 12.1. The summed E-state index contributed by atoms with van der Waals surface area (Å²) < 4.78 is 5.69. The first-order chi connectivity index (χ1) is 9.08. The molecule has 2 aliphatic rings. The normalized spacial score (nSPS) is 28.7. The van der Waals surface area contributed by atoms with E-state index in [1.54, 1.807) is 4.90 Å². The van der Waals surface area contributed by atoms with E-state index in [0.29, 0.717) is 18.9 Å². The number of hydrogen-bond acceptors (Lipinski definition) is 3. The molecule has 1 N–H and O–H groups in total. The molecule has 2 fully saturated rings. The van der Waals surface area contributed by atoms with Crippen LogP contribution in [0, 0.1) is 5.92 Å². The number of ether oxygens (including phenoxy) is 1. The zero-order chi connectivity index (χ0) is 13.8. The second-order valence-electron chi connectivity index (χ2n) is 5.90. The molecule has 2 unspecified atom stereocenters. The summed E-state index contributed by atoms with van der Waals surface area (Å²) in [6, 6.07) is -0.327. The summed E-state index contributed by atoms with van der Waals surface area (Å²) in [5, 5.41) is 2.68. The maximum Gasteiger partial charge on any atom is 0.243 e. The molecule has 2 aliphatic heterocycles. The molecule has 2 rings (SSSR count). The van der Waals surface area contributed by atoms with Crippen LogP contribution in [0.5, 0.6) is 0 Å². The summed E-state index contributed by atoms with van der Waals surface area (Å²) in [7, 11) is 0. The zero-order valence-corrected chi connectivity index (χ0v) is 11.9. The van der Waals surface area contributed by atoms with Crippen LogP contribution in [-0.2, 0) is 14.3 Å². The Balaban J connectivity index is 2.02. The van der Waals surface area contributed by atoms with Crippen molar-refractivity contribution in [3.63, 3.8) is 0 Å². The molecule has 2 amide bonds. The molecule has 2 saturated heterocycles. The van der Waals surface area contributed by atoms with E-state index in [0.717, 1.165) is 25.9 Å². The maximum absolute atomic E-state index is 12.1. The van der Waals surface area contributed by atoms with Crippen molar-refractivity contribution in [3.8, 4) is 0 Å². The molecule has 2 heterocycles. The monoisotopic (exact) mass is 268 g/mol. The predicted octanol–water partition coefficient (Wildman–Crippen LogP) is 0.929. The molecule has 5 nitrogen and oxygen atoms in total. The second-order valence-corrected chi connectivity index (χ2v) is 5.90. The molecule has 19 heavy (non-hydrogen) atoms. The van der Waals surface area contributed by atoms with E-state index in [1.807, 2.05) is 0 Å². The molecule has 0 aromatic heterocycles. The van der Waals surface area contributed by atoms with Crippen LogP contribution in [0.2, 0.25) is 0 Å². The Morgan fingerprint density at radius 2 is 2.16 bits per heavy atom. The summed E-state index contributed by atoms with van der Waals surface area (Å²) >= 11 is 0. The first kappa shape index (κ1) is 14.3. The van der Waals surface area contributed by atoms with Crippen molar-refractivity contribution >= 4 is 11.8 Å². The Hall–Kier alpha value is -1.10. The quantitative estimate of drug-likeness (QED) is 0.825. The van der Waals surface area contributed by atoms with Crippen molar-refractivity contribution in [2.24, 2.45) is 5.92 Å². The fourth-order valence-electron chi connectivity index (χ4n) is 2.78. The van der Waals surface area contributed by atoms with Crippen molar-refractivity contribution in [2.45, 2.75) is 51.7 Å². The zero-order valence-electron chi connectivity index (χ0n) is 11.9. The van der Waals surface area contributed by atoms with Crippen LogP contribution in [0.1, 0.15) is 39.5 Å². The van der Waals surface area contributed by atoms with Crippen LogP contribution < -0.4 is 5.32 Å². The van der Waals surface area contributed by atoms with Crippen LogP contribution in [0.3, 0.4) is 0 Å². The number of carbonyl (C=O) groups excluding carboxylic acids is 2. The number of rotatable bonds is 4. The van der Waals surface area contributed by atoms with E-state index in [2.05, 4.69) is 19.2 Å². The van der Waals surface area contributed by atoms with Gasteiger partial charge in [-0.1, -0.05) is 13.8 Å². The number of amides is 2. The van der Waals surface area contributed by atoms with Crippen LogP contribution in [0.25, 0.3) is 0 Å². The average Bonchev–Trinajstić information content (AvgIpc) is 2.39. The molecular formula is C14H24N2O3. The van der Waals surface area contributed by atoms with Gasteiger partial charge in [-0.15, -0.1) is 0 Å². The van der Waals surface area contributed by atoms with Crippen molar-refractivity contribution in [2.75, 3.05) is 19.7 Å². The van der Waals surface area contributed by atoms with Gasteiger partial charge in [-0.3, -0.25) is 9.59 Å². The van der Waals surface area contributed by atoms with Crippen molar-refractivity contribution in [1.82, 2.24) is 10.2 Å². The van der Waals surface area contributed by atoms with Gasteiger partial charge >= 0.3 is 0 Å². The van der Waals surface area contributed by atoms with Gasteiger partial charge in [0.2, 0.25) is 11.8 Å². The highest BCUT2D eigenvalue weighted by Crippen LogP contribution is 2.19. The second kappa shape index (κ2) is 6.37. The summed E-state index contributed by atoms with van der Waals surface area (Å²) in [5.41, 5.74) is 0. The van der Waals surface area contributed by atoms with Gasteiger partial charge < -0.3 is 15.0 Å². The smallest absolute Gasteiger partial charge is 0.243 e. The molecule has 0 bridgehead atoms. The molecule has 0 spiro atoms. The van der Waals surface area contributed by atoms with Crippen LogP contribution in [0.4, 0.5) is 0 Å². The first-order valence-corrected chi connectivity index (χ1v) is 7.26.